The fraction of sp³-hybridized carbons (Fsp3) is 0.818. The SMILES string of the molecule is C/C=C/CCCCCCCCCCCCCCC1NC=CN1C(C)N. The Hall–Kier alpha value is -0.960. The summed E-state index contributed by atoms with van der Waals surface area (Å²) in [5, 5.41) is 3.40. The first kappa shape index (κ1) is 22.1. The quantitative estimate of drug-likeness (QED) is 0.264. The first-order valence-corrected chi connectivity index (χ1v) is 10.8. The Morgan fingerprint density at radius 2 is 1.44 bits per heavy atom. The lowest BCUT2D eigenvalue weighted by molar-refractivity contribution is 0.208. The van der Waals surface area contributed by atoms with Gasteiger partial charge in [-0.3, -0.25) is 0 Å². The minimum atomic E-state index is 0.101. The van der Waals surface area contributed by atoms with Gasteiger partial charge in [0.1, 0.15) is 0 Å². The molecule has 0 aromatic carbocycles. The van der Waals surface area contributed by atoms with Gasteiger partial charge < -0.3 is 16.0 Å². The van der Waals surface area contributed by atoms with E-state index in [9.17, 15) is 0 Å². The maximum absolute atomic E-state index is 5.98. The third-order valence-electron chi connectivity index (χ3n) is 5.20. The molecule has 0 saturated carbocycles. The summed E-state index contributed by atoms with van der Waals surface area (Å²) in [6.45, 7) is 4.16. The third-order valence-corrected chi connectivity index (χ3v) is 5.20. The molecule has 1 aliphatic rings. The van der Waals surface area contributed by atoms with E-state index in [-0.39, 0.29) is 6.17 Å². The molecular weight excluding hydrogens is 306 g/mol. The van der Waals surface area contributed by atoms with Gasteiger partial charge in [-0.25, -0.2) is 0 Å². The van der Waals surface area contributed by atoms with Crippen LogP contribution in [0.25, 0.3) is 0 Å². The highest BCUT2D eigenvalue weighted by atomic mass is 15.3. The van der Waals surface area contributed by atoms with E-state index in [0.29, 0.717) is 6.17 Å². The fourth-order valence-electron chi connectivity index (χ4n) is 3.62. The van der Waals surface area contributed by atoms with Crippen molar-refractivity contribution in [2.45, 2.75) is 116 Å². The second-order valence-electron chi connectivity index (χ2n) is 7.58. The topological polar surface area (TPSA) is 41.3 Å². The lowest BCUT2D eigenvalue weighted by Crippen LogP contribution is -2.44. The zero-order valence-electron chi connectivity index (χ0n) is 16.9. The van der Waals surface area contributed by atoms with Crippen molar-refractivity contribution in [3.8, 4) is 0 Å². The molecule has 0 aliphatic carbocycles. The lowest BCUT2D eigenvalue weighted by atomic mass is 10.0. The van der Waals surface area contributed by atoms with E-state index >= 15 is 0 Å². The van der Waals surface area contributed by atoms with Crippen molar-refractivity contribution in [1.82, 2.24) is 10.2 Å². The summed E-state index contributed by atoms with van der Waals surface area (Å²) in [4.78, 5) is 2.22. The van der Waals surface area contributed by atoms with Crippen molar-refractivity contribution in [3.63, 3.8) is 0 Å². The fourth-order valence-corrected chi connectivity index (χ4v) is 3.62. The lowest BCUT2D eigenvalue weighted by Gasteiger charge is -2.28. The maximum Gasteiger partial charge on any atom is 0.0995 e. The molecule has 3 heteroatoms. The monoisotopic (exact) mass is 349 g/mol. The van der Waals surface area contributed by atoms with Gasteiger partial charge in [0.05, 0.1) is 12.3 Å². The van der Waals surface area contributed by atoms with Gasteiger partial charge in [0.25, 0.3) is 0 Å². The van der Waals surface area contributed by atoms with Gasteiger partial charge in [0.15, 0.2) is 0 Å². The van der Waals surface area contributed by atoms with Crippen LogP contribution in [0.1, 0.15) is 104 Å². The highest BCUT2D eigenvalue weighted by Gasteiger charge is 2.20. The Bertz CT molecular complexity index is 349. The molecule has 1 rings (SSSR count). The van der Waals surface area contributed by atoms with Crippen LogP contribution in [0, 0.1) is 0 Å². The number of nitrogens with two attached hydrogens (primary N) is 1. The molecule has 1 heterocycles. The third kappa shape index (κ3) is 11.3. The summed E-state index contributed by atoms with van der Waals surface area (Å²) in [7, 11) is 0. The van der Waals surface area contributed by atoms with E-state index in [0.717, 1.165) is 0 Å². The molecule has 0 radical (unpaired) electrons. The van der Waals surface area contributed by atoms with Crippen LogP contribution in [0.4, 0.5) is 0 Å². The minimum Gasteiger partial charge on any atom is -0.370 e. The largest absolute Gasteiger partial charge is 0.370 e. The predicted octanol–water partition coefficient (Wildman–Crippen LogP) is 6.03. The number of allylic oxidation sites excluding steroid dienone is 2. The van der Waals surface area contributed by atoms with Gasteiger partial charge in [-0.05, 0) is 39.5 Å². The van der Waals surface area contributed by atoms with E-state index in [4.69, 9.17) is 5.73 Å². The van der Waals surface area contributed by atoms with Gasteiger partial charge in [-0.2, -0.15) is 0 Å². The molecule has 0 bridgehead atoms. The average Bonchev–Trinajstić information content (AvgIpc) is 3.07. The van der Waals surface area contributed by atoms with Gasteiger partial charge >= 0.3 is 0 Å². The number of hydrogen-bond acceptors (Lipinski definition) is 3. The number of unbranched alkanes of at least 4 members (excludes halogenated alkanes) is 12. The van der Waals surface area contributed by atoms with Crippen molar-refractivity contribution in [3.05, 3.63) is 24.6 Å². The summed E-state index contributed by atoms with van der Waals surface area (Å²) in [5.74, 6) is 0. The first-order chi connectivity index (χ1) is 12.3. The van der Waals surface area contributed by atoms with Crippen LogP contribution < -0.4 is 11.1 Å². The zero-order chi connectivity index (χ0) is 18.2. The summed E-state index contributed by atoms with van der Waals surface area (Å²) in [6.07, 6.45) is 28.4. The molecule has 25 heavy (non-hydrogen) atoms. The predicted molar refractivity (Wildman–Crippen MR) is 111 cm³/mol. The van der Waals surface area contributed by atoms with Gasteiger partial charge in [-0.15, -0.1) is 0 Å². The molecule has 1 aliphatic heterocycles. The first-order valence-electron chi connectivity index (χ1n) is 10.8. The normalized spacial score (nSPS) is 18.2. The number of rotatable bonds is 16. The van der Waals surface area contributed by atoms with E-state index in [2.05, 4.69) is 35.5 Å². The van der Waals surface area contributed by atoms with Gasteiger partial charge in [-0.1, -0.05) is 76.4 Å². The maximum atomic E-state index is 5.98. The summed E-state index contributed by atoms with van der Waals surface area (Å²) < 4.78 is 0. The minimum absolute atomic E-state index is 0.101. The number of hydrogen-bond donors (Lipinski definition) is 2. The van der Waals surface area contributed by atoms with Crippen LogP contribution in [-0.2, 0) is 0 Å². The van der Waals surface area contributed by atoms with Crippen molar-refractivity contribution in [1.29, 1.82) is 0 Å². The van der Waals surface area contributed by atoms with E-state index < -0.39 is 0 Å². The highest BCUT2D eigenvalue weighted by molar-refractivity contribution is 4.95. The Labute approximate surface area is 157 Å². The molecule has 0 spiro atoms. The van der Waals surface area contributed by atoms with Crippen molar-refractivity contribution in [2.24, 2.45) is 5.73 Å². The van der Waals surface area contributed by atoms with Crippen LogP contribution in [0.15, 0.2) is 24.6 Å². The summed E-state index contributed by atoms with van der Waals surface area (Å²) in [5.41, 5.74) is 5.98. The molecule has 0 fully saturated rings. The van der Waals surface area contributed by atoms with E-state index in [1.165, 1.54) is 89.9 Å². The smallest absolute Gasteiger partial charge is 0.0995 e. The van der Waals surface area contributed by atoms with Crippen molar-refractivity contribution in [2.75, 3.05) is 0 Å². The van der Waals surface area contributed by atoms with Crippen LogP contribution in [-0.4, -0.2) is 17.2 Å². The molecule has 2 atom stereocenters. The molecular formula is C22H43N3. The Kier molecular flexibility index (Phi) is 13.5. The molecule has 0 aromatic heterocycles. The molecule has 0 amide bonds. The molecule has 2 unspecified atom stereocenters. The average molecular weight is 350 g/mol. The Morgan fingerprint density at radius 3 is 1.96 bits per heavy atom. The second-order valence-corrected chi connectivity index (χ2v) is 7.58. The number of nitrogens with one attached hydrogen (secondary N) is 1. The van der Waals surface area contributed by atoms with Crippen LogP contribution in [0.2, 0.25) is 0 Å². The molecule has 0 saturated heterocycles. The Morgan fingerprint density at radius 1 is 0.920 bits per heavy atom. The summed E-state index contributed by atoms with van der Waals surface area (Å²) >= 11 is 0. The zero-order valence-corrected chi connectivity index (χ0v) is 16.9. The van der Waals surface area contributed by atoms with Gasteiger partial charge in [0.2, 0.25) is 0 Å². The summed E-state index contributed by atoms with van der Waals surface area (Å²) in [6, 6.07) is 0. The molecule has 3 nitrogen and oxygen atoms in total. The second kappa shape index (κ2) is 15.3. The van der Waals surface area contributed by atoms with Crippen molar-refractivity contribution < 1.29 is 0 Å². The van der Waals surface area contributed by atoms with Crippen LogP contribution in [0.3, 0.4) is 0 Å². The van der Waals surface area contributed by atoms with Crippen LogP contribution in [0.5, 0.6) is 0 Å². The van der Waals surface area contributed by atoms with E-state index in [1.54, 1.807) is 0 Å². The van der Waals surface area contributed by atoms with Crippen LogP contribution >= 0.6 is 0 Å². The van der Waals surface area contributed by atoms with E-state index in [1.807, 2.05) is 13.1 Å². The highest BCUT2D eigenvalue weighted by Crippen LogP contribution is 2.16. The molecule has 3 N–H and O–H groups in total. The Balaban J connectivity index is 1.78. The number of nitrogens with zero attached hydrogens (tertiary/aromatic N) is 1. The molecule has 146 valence electrons. The van der Waals surface area contributed by atoms with Crippen molar-refractivity contribution >= 4 is 0 Å². The standard InChI is InChI=1S/C22H43N3/c1-3-4-5-6-7-8-9-10-11-12-13-14-15-16-17-18-22-24-19-20-25(22)21(2)23/h3-4,19-22,24H,5-18,23H2,1-2H3/b4-3+. The van der Waals surface area contributed by atoms with Gasteiger partial charge in [0, 0.05) is 12.4 Å². The molecule has 0 aromatic rings.